The summed E-state index contributed by atoms with van der Waals surface area (Å²) in [7, 11) is 0. The molecular formula is C28H32N4. The molecule has 2 heterocycles. The van der Waals surface area contributed by atoms with Crippen molar-refractivity contribution in [1.82, 2.24) is 14.5 Å². The molecule has 0 spiro atoms. The van der Waals surface area contributed by atoms with E-state index in [1.54, 1.807) is 6.33 Å². The summed E-state index contributed by atoms with van der Waals surface area (Å²) in [5, 5.41) is 4.92. The zero-order valence-corrected chi connectivity index (χ0v) is 19.5. The number of hydrogen-bond donors (Lipinski definition) is 1. The van der Waals surface area contributed by atoms with E-state index in [0.29, 0.717) is 17.4 Å². The molecule has 1 N–H and O–H groups in total. The van der Waals surface area contributed by atoms with Gasteiger partial charge in [0.2, 0.25) is 0 Å². The Balaban J connectivity index is 1.65. The van der Waals surface area contributed by atoms with Gasteiger partial charge in [0.05, 0.1) is 5.39 Å². The first-order valence-electron chi connectivity index (χ1n) is 11.6. The summed E-state index contributed by atoms with van der Waals surface area (Å²) in [4.78, 5) is 9.48. The number of fused-ring (bicyclic) bond motifs is 1. The van der Waals surface area contributed by atoms with Gasteiger partial charge in [0.25, 0.3) is 0 Å². The molecule has 0 amide bonds. The number of aromatic nitrogens is 3. The molecule has 164 valence electrons. The van der Waals surface area contributed by atoms with Gasteiger partial charge in [-0.1, -0.05) is 68.8 Å². The molecule has 0 aliphatic heterocycles. The highest BCUT2D eigenvalue weighted by atomic mass is 15.1. The SMILES string of the molecule is Cc1ccc(-n2cc(-c3ccccc3)c3c(N[C@H]4C[C@H](C)CC(C)(C)C4)ncnc32)cc1. The fraction of sp³-hybridized carbons (Fsp3) is 0.357. The van der Waals surface area contributed by atoms with Crippen LogP contribution in [-0.4, -0.2) is 20.6 Å². The Labute approximate surface area is 190 Å². The minimum Gasteiger partial charge on any atom is -0.367 e. The van der Waals surface area contributed by atoms with Crippen LogP contribution in [0.1, 0.15) is 45.6 Å². The number of anilines is 1. The maximum absolute atomic E-state index is 4.75. The van der Waals surface area contributed by atoms with E-state index in [2.05, 4.69) is 98.4 Å². The third-order valence-corrected chi connectivity index (χ3v) is 6.71. The van der Waals surface area contributed by atoms with Crippen molar-refractivity contribution in [2.24, 2.45) is 11.3 Å². The molecule has 32 heavy (non-hydrogen) atoms. The van der Waals surface area contributed by atoms with Crippen LogP contribution in [-0.2, 0) is 0 Å². The van der Waals surface area contributed by atoms with E-state index in [4.69, 9.17) is 9.97 Å². The molecule has 0 unspecified atom stereocenters. The summed E-state index contributed by atoms with van der Waals surface area (Å²) in [5.74, 6) is 1.65. The third kappa shape index (κ3) is 4.02. The van der Waals surface area contributed by atoms with Crippen LogP contribution in [0.3, 0.4) is 0 Å². The molecule has 4 nitrogen and oxygen atoms in total. The van der Waals surface area contributed by atoms with E-state index in [0.717, 1.165) is 34.5 Å². The van der Waals surface area contributed by atoms with Crippen LogP contribution in [0.25, 0.3) is 27.8 Å². The van der Waals surface area contributed by atoms with Crippen LogP contribution < -0.4 is 5.32 Å². The third-order valence-electron chi connectivity index (χ3n) is 6.71. The molecule has 4 aromatic rings. The minimum absolute atomic E-state index is 0.345. The molecule has 1 aliphatic rings. The van der Waals surface area contributed by atoms with Crippen LogP contribution >= 0.6 is 0 Å². The van der Waals surface area contributed by atoms with Crippen molar-refractivity contribution in [2.75, 3.05) is 5.32 Å². The van der Waals surface area contributed by atoms with E-state index in [9.17, 15) is 0 Å². The number of aryl methyl sites for hydroxylation is 1. The van der Waals surface area contributed by atoms with Gasteiger partial charge in [-0.25, -0.2) is 9.97 Å². The molecule has 5 rings (SSSR count). The van der Waals surface area contributed by atoms with Gasteiger partial charge in [-0.05, 0) is 55.2 Å². The molecule has 1 aliphatic carbocycles. The quantitative estimate of drug-likeness (QED) is 0.383. The maximum atomic E-state index is 4.75. The van der Waals surface area contributed by atoms with Gasteiger partial charge < -0.3 is 9.88 Å². The normalized spacial score (nSPS) is 20.4. The number of hydrogen-bond acceptors (Lipinski definition) is 3. The summed E-state index contributed by atoms with van der Waals surface area (Å²) in [6, 6.07) is 19.6. The number of nitrogens with one attached hydrogen (secondary N) is 1. The molecule has 2 aromatic heterocycles. The molecule has 2 aromatic carbocycles. The van der Waals surface area contributed by atoms with Crippen molar-refractivity contribution in [2.45, 2.75) is 53.0 Å². The Morgan fingerprint density at radius 1 is 0.969 bits per heavy atom. The number of benzene rings is 2. The van der Waals surface area contributed by atoms with Gasteiger partial charge in [0, 0.05) is 23.5 Å². The molecular weight excluding hydrogens is 392 g/mol. The zero-order valence-electron chi connectivity index (χ0n) is 19.5. The van der Waals surface area contributed by atoms with Gasteiger partial charge in [0.1, 0.15) is 12.1 Å². The highest BCUT2D eigenvalue weighted by Gasteiger charge is 2.32. The standard InChI is InChI=1S/C28H32N4/c1-19-10-12-23(13-11-19)32-17-24(21-8-6-5-7-9-21)25-26(29-18-30-27(25)32)31-22-14-20(2)15-28(3,4)16-22/h5-13,17-18,20,22H,14-16H2,1-4H3,(H,29,30,31)/t20-,22-/m0/s1. The largest absolute Gasteiger partial charge is 0.367 e. The molecule has 1 saturated carbocycles. The predicted molar refractivity (Wildman–Crippen MR) is 133 cm³/mol. The Morgan fingerprint density at radius 3 is 2.44 bits per heavy atom. The summed E-state index contributed by atoms with van der Waals surface area (Å²) < 4.78 is 2.19. The second-order valence-electron chi connectivity index (χ2n) is 10.3. The van der Waals surface area contributed by atoms with E-state index in [-0.39, 0.29) is 0 Å². The fourth-order valence-electron chi connectivity index (χ4n) is 5.56. The lowest BCUT2D eigenvalue weighted by Gasteiger charge is -2.39. The monoisotopic (exact) mass is 424 g/mol. The average molecular weight is 425 g/mol. The predicted octanol–water partition coefficient (Wildman–Crippen LogP) is 7.02. The first kappa shape index (κ1) is 20.7. The lowest BCUT2D eigenvalue weighted by atomic mass is 9.70. The van der Waals surface area contributed by atoms with Crippen molar-refractivity contribution >= 4 is 16.9 Å². The second kappa shape index (κ2) is 8.09. The number of nitrogens with zero attached hydrogens (tertiary/aromatic N) is 3. The lowest BCUT2D eigenvalue weighted by molar-refractivity contribution is 0.178. The summed E-state index contributed by atoms with van der Waals surface area (Å²) >= 11 is 0. The topological polar surface area (TPSA) is 42.7 Å². The van der Waals surface area contributed by atoms with Crippen molar-refractivity contribution in [3.63, 3.8) is 0 Å². The highest BCUT2D eigenvalue weighted by Crippen LogP contribution is 2.41. The van der Waals surface area contributed by atoms with Crippen molar-refractivity contribution in [3.05, 3.63) is 72.7 Å². The van der Waals surface area contributed by atoms with Gasteiger partial charge in [-0.15, -0.1) is 0 Å². The first-order chi connectivity index (χ1) is 15.4. The smallest absolute Gasteiger partial charge is 0.150 e. The highest BCUT2D eigenvalue weighted by molar-refractivity contribution is 6.02. The lowest BCUT2D eigenvalue weighted by Crippen LogP contribution is -2.35. The Hall–Kier alpha value is -3.14. The molecule has 0 radical (unpaired) electrons. The van der Waals surface area contributed by atoms with E-state index in [1.807, 2.05) is 0 Å². The Morgan fingerprint density at radius 2 is 1.72 bits per heavy atom. The summed E-state index contributed by atoms with van der Waals surface area (Å²) in [6.07, 6.45) is 7.51. The average Bonchev–Trinajstić information content (AvgIpc) is 3.14. The van der Waals surface area contributed by atoms with E-state index < -0.39 is 0 Å². The van der Waals surface area contributed by atoms with Gasteiger partial charge in [-0.2, -0.15) is 0 Å². The summed E-state index contributed by atoms with van der Waals surface area (Å²) in [6.45, 7) is 9.25. The van der Waals surface area contributed by atoms with Crippen LogP contribution in [0.5, 0.6) is 0 Å². The zero-order chi connectivity index (χ0) is 22.3. The first-order valence-corrected chi connectivity index (χ1v) is 11.6. The fourth-order valence-corrected chi connectivity index (χ4v) is 5.56. The van der Waals surface area contributed by atoms with Crippen LogP contribution in [0.2, 0.25) is 0 Å². The van der Waals surface area contributed by atoms with Crippen molar-refractivity contribution in [1.29, 1.82) is 0 Å². The minimum atomic E-state index is 0.345. The van der Waals surface area contributed by atoms with Crippen molar-refractivity contribution < 1.29 is 0 Å². The molecule has 4 heteroatoms. The summed E-state index contributed by atoms with van der Waals surface area (Å²) in [5.41, 5.74) is 5.98. The van der Waals surface area contributed by atoms with E-state index in [1.165, 1.54) is 24.0 Å². The van der Waals surface area contributed by atoms with E-state index >= 15 is 0 Å². The molecule has 0 saturated heterocycles. The number of rotatable bonds is 4. The van der Waals surface area contributed by atoms with Crippen LogP contribution in [0, 0.1) is 18.3 Å². The molecule has 2 atom stereocenters. The van der Waals surface area contributed by atoms with Gasteiger partial charge in [0.15, 0.2) is 5.65 Å². The Kier molecular flexibility index (Phi) is 5.24. The van der Waals surface area contributed by atoms with Crippen molar-refractivity contribution in [3.8, 4) is 16.8 Å². The molecule has 1 fully saturated rings. The van der Waals surface area contributed by atoms with Gasteiger partial charge >= 0.3 is 0 Å². The van der Waals surface area contributed by atoms with Gasteiger partial charge in [-0.3, -0.25) is 0 Å². The maximum Gasteiger partial charge on any atom is 0.150 e. The van der Waals surface area contributed by atoms with Crippen LogP contribution in [0.4, 0.5) is 5.82 Å². The Bertz CT molecular complexity index is 1220. The second-order valence-corrected chi connectivity index (χ2v) is 10.3. The van der Waals surface area contributed by atoms with Crippen LogP contribution in [0.15, 0.2) is 67.1 Å². The molecule has 0 bridgehead atoms.